The smallest absolute Gasteiger partial charge is 0.182 e. The summed E-state index contributed by atoms with van der Waals surface area (Å²) >= 11 is 3.90. The van der Waals surface area contributed by atoms with Gasteiger partial charge in [-0.25, -0.2) is 0 Å². The van der Waals surface area contributed by atoms with E-state index in [1.807, 2.05) is 18.4 Å². The Morgan fingerprint density at radius 1 is 1.62 bits per heavy atom. The maximum atomic E-state index is 5.59. The van der Waals surface area contributed by atoms with E-state index in [0.717, 1.165) is 16.2 Å². The molecule has 13 heavy (non-hydrogen) atoms. The normalized spacial score (nSPS) is 10.6. The van der Waals surface area contributed by atoms with E-state index in [1.165, 1.54) is 3.57 Å². The first kappa shape index (κ1) is 9.01. The first-order valence-electron chi connectivity index (χ1n) is 3.65. The fourth-order valence-electron chi connectivity index (χ4n) is 1.02. The van der Waals surface area contributed by atoms with Crippen molar-refractivity contribution in [3.8, 4) is 10.6 Å². The minimum Gasteiger partial charge on any atom is -0.381 e. The number of thiophene rings is 1. The van der Waals surface area contributed by atoms with Crippen LogP contribution in [0.4, 0.5) is 5.82 Å². The highest BCUT2D eigenvalue weighted by Crippen LogP contribution is 2.34. The number of halogens is 1. The average molecular weight is 306 g/mol. The van der Waals surface area contributed by atoms with Gasteiger partial charge in [0.05, 0.1) is 4.88 Å². The predicted molar refractivity (Wildman–Crippen MR) is 61.7 cm³/mol. The SMILES string of the molecule is Cc1c(N)noc1-c1sccc1I. The Hall–Kier alpha value is -0.560. The Morgan fingerprint density at radius 2 is 2.38 bits per heavy atom. The van der Waals surface area contributed by atoms with Crippen molar-refractivity contribution in [1.82, 2.24) is 5.16 Å². The number of nitrogens with two attached hydrogens (primary N) is 1. The Kier molecular flexibility index (Phi) is 2.29. The number of hydrogen-bond acceptors (Lipinski definition) is 4. The number of anilines is 1. The van der Waals surface area contributed by atoms with E-state index in [4.69, 9.17) is 10.3 Å². The molecule has 68 valence electrons. The molecule has 5 heteroatoms. The van der Waals surface area contributed by atoms with Crippen molar-refractivity contribution in [1.29, 1.82) is 0 Å². The van der Waals surface area contributed by atoms with E-state index in [1.54, 1.807) is 11.3 Å². The molecule has 0 aliphatic heterocycles. The number of hydrogen-bond donors (Lipinski definition) is 1. The lowest BCUT2D eigenvalue weighted by Gasteiger charge is -1.92. The monoisotopic (exact) mass is 306 g/mol. The largest absolute Gasteiger partial charge is 0.381 e. The first-order chi connectivity index (χ1) is 6.20. The molecule has 0 aromatic carbocycles. The Morgan fingerprint density at radius 3 is 2.85 bits per heavy atom. The van der Waals surface area contributed by atoms with Gasteiger partial charge in [-0.3, -0.25) is 0 Å². The summed E-state index contributed by atoms with van der Waals surface area (Å²) in [5.74, 6) is 1.26. The topological polar surface area (TPSA) is 52.0 Å². The van der Waals surface area contributed by atoms with Crippen LogP contribution in [0.1, 0.15) is 5.56 Å². The van der Waals surface area contributed by atoms with Crippen LogP contribution in [0.3, 0.4) is 0 Å². The van der Waals surface area contributed by atoms with Crippen molar-refractivity contribution in [2.24, 2.45) is 0 Å². The predicted octanol–water partition coefficient (Wildman–Crippen LogP) is 2.90. The van der Waals surface area contributed by atoms with Crippen molar-refractivity contribution in [3.05, 3.63) is 20.6 Å². The summed E-state index contributed by atoms with van der Waals surface area (Å²) in [7, 11) is 0. The second kappa shape index (κ2) is 3.30. The zero-order chi connectivity index (χ0) is 9.42. The summed E-state index contributed by atoms with van der Waals surface area (Å²) in [4.78, 5) is 1.10. The Balaban J connectivity index is 2.59. The van der Waals surface area contributed by atoms with E-state index in [-0.39, 0.29) is 0 Å². The van der Waals surface area contributed by atoms with Crippen molar-refractivity contribution in [2.75, 3.05) is 5.73 Å². The summed E-state index contributed by atoms with van der Waals surface area (Å²) in [6, 6.07) is 2.04. The highest BCUT2D eigenvalue weighted by atomic mass is 127. The van der Waals surface area contributed by atoms with Crippen LogP contribution in [-0.4, -0.2) is 5.16 Å². The second-order valence-corrected chi connectivity index (χ2v) is 4.70. The van der Waals surface area contributed by atoms with E-state index in [0.29, 0.717) is 5.82 Å². The molecule has 0 atom stereocenters. The van der Waals surface area contributed by atoms with Crippen molar-refractivity contribution < 1.29 is 4.52 Å². The lowest BCUT2D eigenvalue weighted by Crippen LogP contribution is -1.86. The highest BCUT2D eigenvalue weighted by Gasteiger charge is 2.14. The third kappa shape index (κ3) is 1.46. The van der Waals surface area contributed by atoms with Gasteiger partial charge in [-0.05, 0) is 41.0 Å². The van der Waals surface area contributed by atoms with Crippen LogP contribution >= 0.6 is 33.9 Å². The Labute approximate surface area is 93.1 Å². The third-order valence-corrected chi connectivity index (χ3v) is 3.96. The van der Waals surface area contributed by atoms with Crippen LogP contribution in [0.2, 0.25) is 0 Å². The molecule has 0 saturated heterocycles. The van der Waals surface area contributed by atoms with Crippen LogP contribution in [0.25, 0.3) is 10.6 Å². The molecule has 2 aromatic rings. The lowest BCUT2D eigenvalue weighted by molar-refractivity contribution is 0.436. The fourth-order valence-corrected chi connectivity index (χ4v) is 2.88. The van der Waals surface area contributed by atoms with Crippen molar-refractivity contribution in [2.45, 2.75) is 6.92 Å². The van der Waals surface area contributed by atoms with E-state index >= 15 is 0 Å². The molecule has 3 nitrogen and oxygen atoms in total. The summed E-state index contributed by atoms with van der Waals surface area (Å²) in [5, 5.41) is 5.74. The van der Waals surface area contributed by atoms with E-state index in [9.17, 15) is 0 Å². The van der Waals surface area contributed by atoms with Crippen LogP contribution < -0.4 is 5.73 Å². The highest BCUT2D eigenvalue weighted by molar-refractivity contribution is 14.1. The molecule has 0 unspecified atom stereocenters. The van der Waals surface area contributed by atoms with Gasteiger partial charge in [0, 0.05) is 9.13 Å². The molecular weight excluding hydrogens is 299 g/mol. The molecule has 2 rings (SSSR count). The molecule has 0 fully saturated rings. The van der Waals surface area contributed by atoms with Gasteiger partial charge in [0.25, 0.3) is 0 Å². The van der Waals surface area contributed by atoms with Crippen LogP contribution in [0.5, 0.6) is 0 Å². The van der Waals surface area contributed by atoms with Gasteiger partial charge in [0.2, 0.25) is 0 Å². The van der Waals surface area contributed by atoms with Gasteiger partial charge in [-0.15, -0.1) is 11.3 Å². The molecule has 0 saturated carbocycles. The van der Waals surface area contributed by atoms with Crippen molar-refractivity contribution >= 4 is 39.7 Å². The molecule has 0 bridgehead atoms. The minimum atomic E-state index is 0.471. The molecule has 0 amide bonds. The van der Waals surface area contributed by atoms with Crippen LogP contribution in [0, 0.1) is 10.5 Å². The molecular formula is C8H7IN2OS. The van der Waals surface area contributed by atoms with Gasteiger partial charge in [0.1, 0.15) is 0 Å². The maximum Gasteiger partial charge on any atom is 0.182 e. The minimum absolute atomic E-state index is 0.471. The molecule has 2 N–H and O–H groups in total. The van der Waals surface area contributed by atoms with Gasteiger partial charge in [-0.2, -0.15) is 0 Å². The summed E-state index contributed by atoms with van der Waals surface area (Å²) in [5.41, 5.74) is 6.51. The molecule has 2 aromatic heterocycles. The fraction of sp³-hybridized carbons (Fsp3) is 0.125. The quantitative estimate of drug-likeness (QED) is 0.824. The molecule has 0 aliphatic rings. The zero-order valence-electron chi connectivity index (χ0n) is 6.87. The maximum absolute atomic E-state index is 5.59. The second-order valence-electron chi connectivity index (χ2n) is 2.62. The van der Waals surface area contributed by atoms with Gasteiger partial charge < -0.3 is 10.3 Å². The summed E-state index contributed by atoms with van der Waals surface area (Å²) < 4.78 is 6.32. The third-order valence-electron chi connectivity index (χ3n) is 1.78. The Bertz CT molecular complexity index is 435. The van der Waals surface area contributed by atoms with E-state index < -0.39 is 0 Å². The average Bonchev–Trinajstić information content (AvgIpc) is 2.62. The van der Waals surface area contributed by atoms with E-state index in [2.05, 4.69) is 27.7 Å². The number of nitrogen functional groups attached to an aromatic ring is 1. The van der Waals surface area contributed by atoms with Crippen LogP contribution in [0.15, 0.2) is 16.0 Å². The number of aromatic nitrogens is 1. The number of rotatable bonds is 1. The molecule has 0 spiro atoms. The zero-order valence-corrected chi connectivity index (χ0v) is 9.85. The first-order valence-corrected chi connectivity index (χ1v) is 5.61. The van der Waals surface area contributed by atoms with Crippen LogP contribution in [-0.2, 0) is 0 Å². The van der Waals surface area contributed by atoms with Gasteiger partial charge in [0.15, 0.2) is 11.6 Å². The van der Waals surface area contributed by atoms with Crippen molar-refractivity contribution in [3.63, 3.8) is 0 Å². The van der Waals surface area contributed by atoms with Gasteiger partial charge in [-0.1, -0.05) is 5.16 Å². The summed E-state index contributed by atoms with van der Waals surface area (Å²) in [6.07, 6.45) is 0. The lowest BCUT2D eigenvalue weighted by atomic mass is 10.2. The molecule has 0 aliphatic carbocycles. The summed E-state index contributed by atoms with van der Waals surface area (Å²) in [6.45, 7) is 1.91. The molecule has 2 heterocycles. The molecule has 0 radical (unpaired) electrons. The van der Waals surface area contributed by atoms with Gasteiger partial charge >= 0.3 is 0 Å². The number of nitrogens with zero attached hydrogens (tertiary/aromatic N) is 1. The standard InChI is InChI=1S/C8H7IN2OS/c1-4-6(12-11-8(4)10)7-5(9)2-3-13-7/h2-3H,1H3,(H2,10,11).